The maximum atomic E-state index is 12.8. The summed E-state index contributed by atoms with van der Waals surface area (Å²) in [5, 5.41) is 11.5. The van der Waals surface area contributed by atoms with Crippen LogP contribution in [-0.2, 0) is 22.3 Å². The van der Waals surface area contributed by atoms with E-state index >= 15 is 0 Å². The lowest BCUT2D eigenvalue weighted by Gasteiger charge is -2.18. The molecule has 0 bridgehead atoms. The highest BCUT2D eigenvalue weighted by atomic mass is 19.4. The number of benzene rings is 1. The molecule has 1 atom stereocenters. The van der Waals surface area contributed by atoms with Crippen LogP contribution >= 0.6 is 0 Å². The van der Waals surface area contributed by atoms with Crippen LogP contribution in [0.5, 0.6) is 0 Å². The van der Waals surface area contributed by atoms with Crippen molar-refractivity contribution >= 4 is 11.9 Å². The zero-order valence-electron chi connectivity index (χ0n) is 14.3. The zero-order chi connectivity index (χ0) is 20.2. The predicted molar refractivity (Wildman–Crippen MR) is 90.0 cm³/mol. The van der Waals surface area contributed by atoms with Crippen molar-refractivity contribution in [3.63, 3.8) is 0 Å². The van der Waals surface area contributed by atoms with E-state index in [0.29, 0.717) is 22.4 Å². The molecular formula is C18H17F3N2O4. The monoisotopic (exact) mass is 382 g/mol. The summed E-state index contributed by atoms with van der Waals surface area (Å²) in [6.45, 7) is 1.18. The number of nitrogens with one attached hydrogen (secondary N) is 1. The molecule has 27 heavy (non-hydrogen) atoms. The van der Waals surface area contributed by atoms with E-state index in [2.05, 4.69) is 5.32 Å². The number of carboxylic acids is 1. The Morgan fingerprint density at radius 1 is 1.15 bits per heavy atom. The van der Waals surface area contributed by atoms with Crippen LogP contribution in [0.25, 0.3) is 0 Å². The van der Waals surface area contributed by atoms with Gasteiger partial charge in [-0.25, -0.2) is 0 Å². The highest BCUT2D eigenvalue weighted by Crippen LogP contribution is 2.28. The molecule has 0 aliphatic heterocycles. The van der Waals surface area contributed by atoms with Gasteiger partial charge in [0.2, 0.25) is 5.91 Å². The number of hydrogen-bond donors (Lipinski definition) is 2. The Balaban J connectivity index is 2.20. The highest BCUT2D eigenvalue weighted by molar-refractivity contribution is 5.77. The number of alkyl halides is 3. The second-order valence-electron chi connectivity index (χ2n) is 6.01. The summed E-state index contributed by atoms with van der Waals surface area (Å²) in [6.07, 6.45) is -4.51. The summed E-state index contributed by atoms with van der Waals surface area (Å²) in [5.74, 6) is -1.93. The number of aliphatic carboxylic acids is 1. The van der Waals surface area contributed by atoms with Gasteiger partial charge >= 0.3 is 12.1 Å². The van der Waals surface area contributed by atoms with E-state index in [1.165, 1.54) is 0 Å². The molecule has 1 heterocycles. The molecule has 2 aromatic rings. The lowest BCUT2D eigenvalue weighted by atomic mass is 10.0. The zero-order valence-corrected chi connectivity index (χ0v) is 14.3. The van der Waals surface area contributed by atoms with E-state index in [-0.39, 0.29) is 0 Å². The first-order valence-electron chi connectivity index (χ1n) is 7.91. The van der Waals surface area contributed by atoms with Gasteiger partial charge in [0.15, 0.2) is 0 Å². The first kappa shape index (κ1) is 20.2. The van der Waals surface area contributed by atoms with Crippen LogP contribution in [0.15, 0.2) is 47.4 Å². The third-order valence-corrected chi connectivity index (χ3v) is 3.82. The summed E-state index contributed by atoms with van der Waals surface area (Å²) in [6, 6.07) is 7.28. The number of carbonyl (C=O) groups is 2. The van der Waals surface area contributed by atoms with Crippen LogP contribution in [0, 0.1) is 6.92 Å². The van der Waals surface area contributed by atoms with Crippen molar-refractivity contribution in [1.29, 1.82) is 0 Å². The standard InChI is InChI=1S/C18H17F3N2O4/c1-11-2-4-12(5-3-11)14(8-17(26)27)22-15(24)10-23-9-13(18(19,20)21)6-7-16(23)25/h2-7,9,14H,8,10H2,1H3,(H,22,24)(H,26,27)/t14-/m1/s1. The van der Waals surface area contributed by atoms with E-state index in [1.807, 2.05) is 6.92 Å². The summed E-state index contributed by atoms with van der Waals surface area (Å²) >= 11 is 0. The van der Waals surface area contributed by atoms with Gasteiger partial charge in [-0.05, 0) is 18.6 Å². The van der Waals surface area contributed by atoms with Crippen LogP contribution in [-0.4, -0.2) is 21.6 Å². The van der Waals surface area contributed by atoms with Crippen LogP contribution in [0.2, 0.25) is 0 Å². The average molecular weight is 382 g/mol. The number of halogens is 3. The molecule has 0 radical (unpaired) electrons. The first-order valence-corrected chi connectivity index (χ1v) is 7.91. The molecule has 0 fully saturated rings. The number of aromatic nitrogens is 1. The van der Waals surface area contributed by atoms with Gasteiger partial charge in [-0.3, -0.25) is 14.4 Å². The van der Waals surface area contributed by atoms with Gasteiger partial charge in [-0.15, -0.1) is 0 Å². The van der Waals surface area contributed by atoms with Gasteiger partial charge in [-0.1, -0.05) is 29.8 Å². The van der Waals surface area contributed by atoms with E-state index in [1.54, 1.807) is 24.3 Å². The van der Waals surface area contributed by atoms with E-state index < -0.39 is 48.2 Å². The van der Waals surface area contributed by atoms with Crippen molar-refractivity contribution in [2.75, 3.05) is 0 Å². The number of rotatable bonds is 6. The Kier molecular flexibility index (Phi) is 6.04. The van der Waals surface area contributed by atoms with Crippen molar-refractivity contribution in [2.24, 2.45) is 0 Å². The van der Waals surface area contributed by atoms with E-state index in [0.717, 1.165) is 11.6 Å². The largest absolute Gasteiger partial charge is 0.481 e. The molecule has 0 aliphatic carbocycles. The molecule has 1 aromatic carbocycles. The third-order valence-electron chi connectivity index (χ3n) is 3.82. The molecule has 9 heteroatoms. The number of hydrogen-bond acceptors (Lipinski definition) is 3. The van der Waals surface area contributed by atoms with Crippen molar-refractivity contribution in [1.82, 2.24) is 9.88 Å². The summed E-state index contributed by atoms with van der Waals surface area (Å²) in [7, 11) is 0. The van der Waals surface area contributed by atoms with Crippen LogP contribution in [0.3, 0.4) is 0 Å². The van der Waals surface area contributed by atoms with Gasteiger partial charge in [0.1, 0.15) is 6.54 Å². The molecular weight excluding hydrogens is 365 g/mol. The number of carbonyl (C=O) groups excluding carboxylic acids is 1. The molecule has 0 spiro atoms. The second kappa shape index (κ2) is 8.07. The molecule has 0 aliphatic rings. The molecule has 2 rings (SSSR count). The SMILES string of the molecule is Cc1ccc([C@@H](CC(=O)O)NC(=O)Cn2cc(C(F)(F)F)ccc2=O)cc1. The Hall–Kier alpha value is -3.10. The first-order chi connectivity index (χ1) is 12.6. The predicted octanol–water partition coefficient (Wildman–Crippen LogP) is 2.51. The topological polar surface area (TPSA) is 88.4 Å². The number of pyridine rings is 1. The van der Waals surface area contributed by atoms with Crippen molar-refractivity contribution in [2.45, 2.75) is 32.1 Å². The van der Waals surface area contributed by atoms with Gasteiger partial charge in [0.05, 0.1) is 18.0 Å². The lowest BCUT2D eigenvalue weighted by molar-refractivity contribution is -0.139. The smallest absolute Gasteiger partial charge is 0.417 e. The van der Waals surface area contributed by atoms with Crippen LogP contribution in [0.1, 0.15) is 29.2 Å². The average Bonchev–Trinajstić information content (AvgIpc) is 2.55. The maximum Gasteiger partial charge on any atom is 0.417 e. The van der Waals surface area contributed by atoms with Crippen molar-refractivity contribution in [3.05, 3.63) is 69.6 Å². The van der Waals surface area contributed by atoms with Crippen molar-refractivity contribution < 1.29 is 27.9 Å². The minimum Gasteiger partial charge on any atom is -0.481 e. The number of nitrogens with zero attached hydrogens (tertiary/aromatic N) is 1. The van der Waals surface area contributed by atoms with Gasteiger partial charge in [-0.2, -0.15) is 13.2 Å². The molecule has 1 aromatic heterocycles. The lowest BCUT2D eigenvalue weighted by Crippen LogP contribution is -2.35. The Labute approximate surface area is 152 Å². The van der Waals surface area contributed by atoms with Crippen LogP contribution < -0.4 is 10.9 Å². The van der Waals surface area contributed by atoms with E-state index in [4.69, 9.17) is 5.11 Å². The Bertz CT molecular complexity index is 889. The number of aryl methyl sites for hydroxylation is 1. The molecule has 2 N–H and O–H groups in total. The second-order valence-corrected chi connectivity index (χ2v) is 6.01. The third kappa shape index (κ3) is 5.70. The summed E-state index contributed by atoms with van der Waals surface area (Å²) < 4.78 is 38.9. The highest BCUT2D eigenvalue weighted by Gasteiger charge is 2.31. The summed E-state index contributed by atoms with van der Waals surface area (Å²) in [4.78, 5) is 35.0. The minimum atomic E-state index is -4.65. The quantitative estimate of drug-likeness (QED) is 0.804. The molecule has 0 saturated carbocycles. The van der Waals surface area contributed by atoms with Gasteiger partial charge in [0, 0.05) is 12.3 Å². The summed E-state index contributed by atoms with van der Waals surface area (Å²) in [5.41, 5.74) is -0.360. The normalized spacial score (nSPS) is 12.4. The van der Waals surface area contributed by atoms with Gasteiger partial charge in [0.25, 0.3) is 5.56 Å². The fraction of sp³-hybridized carbons (Fsp3) is 0.278. The molecule has 6 nitrogen and oxygen atoms in total. The molecule has 0 saturated heterocycles. The fourth-order valence-electron chi connectivity index (χ4n) is 2.44. The number of carboxylic acid groups (broad SMARTS) is 1. The Morgan fingerprint density at radius 2 is 1.78 bits per heavy atom. The minimum absolute atomic E-state index is 0.410. The van der Waals surface area contributed by atoms with Crippen LogP contribution in [0.4, 0.5) is 13.2 Å². The number of amides is 1. The Morgan fingerprint density at radius 3 is 2.33 bits per heavy atom. The fourth-order valence-corrected chi connectivity index (χ4v) is 2.44. The van der Waals surface area contributed by atoms with E-state index in [9.17, 15) is 27.6 Å². The van der Waals surface area contributed by atoms with Gasteiger partial charge < -0.3 is 15.0 Å². The molecule has 0 unspecified atom stereocenters. The molecule has 144 valence electrons. The van der Waals surface area contributed by atoms with Crippen molar-refractivity contribution in [3.8, 4) is 0 Å². The molecule has 1 amide bonds. The maximum absolute atomic E-state index is 12.8.